The minimum absolute atomic E-state index is 0.108. The molecule has 10 nitrogen and oxygen atoms in total. The van der Waals surface area contributed by atoms with Gasteiger partial charge in [0.25, 0.3) is 0 Å². The van der Waals surface area contributed by atoms with Gasteiger partial charge in [0.2, 0.25) is 5.91 Å². The molecule has 0 saturated heterocycles. The maximum atomic E-state index is 13.9. The lowest BCUT2D eigenvalue weighted by atomic mass is 9.71. The third kappa shape index (κ3) is 7.44. The molecular weight excluding hydrogens is 600 g/mol. The van der Waals surface area contributed by atoms with Crippen LogP contribution in [-0.4, -0.2) is 51.9 Å². The first-order valence-corrected chi connectivity index (χ1v) is 17.5. The van der Waals surface area contributed by atoms with Crippen molar-refractivity contribution in [3.63, 3.8) is 0 Å². The number of carbonyl (C=O) groups is 1. The van der Waals surface area contributed by atoms with Crippen LogP contribution in [0.15, 0.2) is 78.1 Å². The second kappa shape index (κ2) is 14.3. The van der Waals surface area contributed by atoms with E-state index in [1.165, 1.54) is 0 Å². The van der Waals surface area contributed by atoms with Crippen LogP contribution in [0.5, 0.6) is 5.75 Å². The van der Waals surface area contributed by atoms with E-state index in [4.69, 9.17) is 4.74 Å². The van der Waals surface area contributed by atoms with E-state index in [9.17, 15) is 13.9 Å². The number of para-hydroxylation sites is 1. The van der Waals surface area contributed by atoms with Gasteiger partial charge in [0.15, 0.2) is 0 Å². The fourth-order valence-electron chi connectivity index (χ4n) is 6.01. The molecule has 2 aromatic heterocycles. The Bertz CT molecular complexity index is 1630. The highest BCUT2D eigenvalue weighted by Crippen LogP contribution is 2.57. The molecule has 0 bridgehead atoms. The molecule has 0 radical (unpaired) electrons. The zero-order valence-electron chi connectivity index (χ0n) is 27.4. The number of hydrogen-bond donors (Lipinski definition) is 3. The minimum Gasteiger partial charge on any atom is -0.487 e. The molecule has 5 rings (SSSR count). The minimum atomic E-state index is -3.31. The van der Waals surface area contributed by atoms with E-state index in [1.54, 1.807) is 41.0 Å². The number of aryl methyl sites for hydroxylation is 3. The van der Waals surface area contributed by atoms with Crippen molar-refractivity contribution in [3.05, 3.63) is 95.6 Å². The number of pyridine rings is 1. The van der Waals surface area contributed by atoms with Gasteiger partial charge >= 0.3 is 0 Å². The molecule has 1 amide bonds. The first kappa shape index (κ1) is 33.6. The van der Waals surface area contributed by atoms with E-state index in [1.807, 2.05) is 50.7 Å². The van der Waals surface area contributed by atoms with Crippen molar-refractivity contribution in [2.45, 2.75) is 90.3 Å². The molecule has 46 heavy (non-hydrogen) atoms. The predicted molar refractivity (Wildman–Crippen MR) is 182 cm³/mol. The fourth-order valence-corrected chi connectivity index (χ4v) is 7.63. The van der Waals surface area contributed by atoms with E-state index in [0.29, 0.717) is 42.3 Å². The van der Waals surface area contributed by atoms with Gasteiger partial charge in [-0.1, -0.05) is 63.2 Å². The van der Waals surface area contributed by atoms with Crippen molar-refractivity contribution in [1.82, 2.24) is 24.3 Å². The van der Waals surface area contributed by atoms with Gasteiger partial charge in [-0.05, 0) is 79.5 Å². The van der Waals surface area contributed by atoms with Gasteiger partial charge in [-0.3, -0.25) is 23.6 Å². The third-order valence-electron chi connectivity index (χ3n) is 8.89. The Morgan fingerprint density at radius 2 is 1.96 bits per heavy atom. The molecular formula is C35H46N6O4S. The standard InChI is InChI=1S/C35H46N6O4S/c1-6-19-40-23-29(38-39-40)16-17-31(35(4,5)34(42)37-28-11-10-18-36-21-28)26-15-14-25(3)27(20-26)22-41-24-30(7-2)45-32-12-8-9-13-33(32)46(41,43)44/h8-15,18,20-21,23,30-31,43-44H,6-7,16-17,19,22,24H2,1-5H3,(H,37,42). The SMILES string of the molecule is CCCn1cc(CCC(c2ccc(C)c(CN3CC(CC)Oc4ccccc4S3(O)O)c2)C(C)(C)C(=O)Nc2cccnc2)nn1. The molecule has 11 heteroatoms. The van der Waals surface area contributed by atoms with Gasteiger partial charge in [-0.25, -0.2) is 0 Å². The maximum absolute atomic E-state index is 13.9. The molecule has 2 unspecified atom stereocenters. The monoisotopic (exact) mass is 646 g/mol. The molecule has 0 fully saturated rings. The van der Waals surface area contributed by atoms with E-state index < -0.39 is 16.2 Å². The summed E-state index contributed by atoms with van der Waals surface area (Å²) < 4.78 is 33.1. The van der Waals surface area contributed by atoms with Crippen molar-refractivity contribution in [3.8, 4) is 5.75 Å². The lowest BCUT2D eigenvalue weighted by molar-refractivity contribution is -0.125. The molecule has 246 valence electrons. The Balaban J connectivity index is 1.48. The van der Waals surface area contributed by atoms with Gasteiger partial charge in [0, 0.05) is 25.5 Å². The van der Waals surface area contributed by atoms with Crippen molar-refractivity contribution in [2.24, 2.45) is 5.41 Å². The van der Waals surface area contributed by atoms with Crippen molar-refractivity contribution in [2.75, 3.05) is 11.9 Å². The number of carbonyl (C=O) groups excluding carboxylic acids is 1. The molecule has 0 aliphatic carbocycles. The molecule has 1 aliphatic heterocycles. The summed E-state index contributed by atoms with van der Waals surface area (Å²) in [5.74, 6) is 0.222. The number of anilines is 1. The smallest absolute Gasteiger partial charge is 0.230 e. The highest BCUT2D eigenvalue weighted by molar-refractivity contribution is 8.22. The fraction of sp³-hybridized carbons (Fsp3) is 0.429. The number of nitrogens with one attached hydrogen (secondary N) is 1. The van der Waals surface area contributed by atoms with Gasteiger partial charge in [0.05, 0.1) is 29.5 Å². The van der Waals surface area contributed by atoms with Gasteiger partial charge in [-0.2, -0.15) is 4.31 Å². The molecule has 2 atom stereocenters. The Hall–Kier alpha value is -3.77. The summed E-state index contributed by atoms with van der Waals surface area (Å²) in [6.07, 6.45) is 8.13. The van der Waals surface area contributed by atoms with Crippen LogP contribution >= 0.6 is 10.8 Å². The second-order valence-electron chi connectivity index (χ2n) is 12.6. The molecule has 1 aliphatic rings. The van der Waals surface area contributed by atoms with E-state index in [0.717, 1.165) is 41.8 Å². The zero-order chi connectivity index (χ0) is 32.9. The van der Waals surface area contributed by atoms with Crippen LogP contribution in [0.4, 0.5) is 5.69 Å². The quantitative estimate of drug-likeness (QED) is 0.145. The lowest BCUT2D eigenvalue weighted by Crippen LogP contribution is -2.37. The Labute approximate surface area is 273 Å². The number of rotatable bonds is 12. The molecule has 3 heterocycles. The number of ether oxygens (including phenoxy) is 1. The largest absolute Gasteiger partial charge is 0.487 e. The summed E-state index contributed by atoms with van der Waals surface area (Å²) in [7, 11) is -3.31. The van der Waals surface area contributed by atoms with E-state index >= 15 is 0 Å². The van der Waals surface area contributed by atoms with Crippen LogP contribution in [0.25, 0.3) is 0 Å². The first-order valence-electron chi connectivity index (χ1n) is 16.0. The first-order chi connectivity index (χ1) is 22.0. The van der Waals surface area contributed by atoms with Crippen LogP contribution in [0.1, 0.15) is 75.3 Å². The van der Waals surface area contributed by atoms with Crippen molar-refractivity contribution < 1.29 is 18.6 Å². The zero-order valence-corrected chi connectivity index (χ0v) is 28.2. The summed E-state index contributed by atoms with van der Waals surface area (Å²) in [4.78, 5) is 18.4. The number of amides is 1. The average molecular weight is 647 g/mol. The van der Waals surface area contributed by atoms with Crippen LogP contribution in [0.3, 0.4) is 0 Å². The van der Waals surface area contributed by atoms with Gasteiger partial charge < -0.3 is 10.1 Å². The normalized spacial score (nSPS) is 17.8. The summed E-state index contributed by atoms with van der Waals surface area (Å²) in [6, 6.07) is 17.1. The summed E-state index contributed by atoms with van der Waals surface area (Å²) >= 11 is 0. The number of benzene rings is 2. The Morgan fingerprint density at radius 1 is 1.15 bits per heavy atom. The molecule has 0 saturated carbocycles. The van der Waals surface area contributed by atoms with E-state index in [-0.39, 0.29) is 17.9 Å². The molecule has 0 spiro atoms. The lowest BCUT2D eigenvalue weighted by Gasteiger charge is -2.42. The summed E-state index contributed by atoms with van der Waals surface area (Å²) in [6.45, 7) is 11.6. The van der Waals surface area contributed by atoms with Crippen LogP contribution < -0.4 is 10.1 Å². The van der Waals surface area contributed by atoms with Crippen LogP contribution in [0.2, 0.25) is 0 Å². The average Bonchev–Trinajstić information content (AvgIpc) is 3.45. The molecule has 3 N–H and O–H groups in total. The Kier molecular flexibility index (Phi) is 10.5. The predicted octanol–water partition coefficient (Wildman–Crippen LogP) is 7.47. The van der Waals surface area contributed by atoms with E-state index in [2.05, 4.69) is 45.7 Å². The number of fused-ring (bicyclic) bond motifs is 1. The molecule has 2 aromatic carbocycles. The summed E-state index contributed by atoms with van der Waals surface area (Å²) in [5.41, 5.74) is 3.72. The number of nitrogens with zero attached hydrogens (tertiary/aromatic N) is 5. The highest BCUT2D eigenvalue weighted by Gasteiger charge is 2.39. The van der Waals surface area contributed by atoms with Crippen LogP contribution in [-0.2, 0) is 24.3 Å². The second-order valence-corrected chi connectivity index (χ2v) is 14.6. The Morgan fingerprint density at radius 3 is 2.70 bits per heavy atom. The van der Waals surface area contributed by atoms with Gasteiger partial charge in [-0.15, -0.1) is 15.9 Å². The number of hydrogen-bond acceptors (Lipinski definition) is 8. The van der Waals surface area contributed by atoms with Crippen molar-refractivity contribution >= 4 is 22.4 Å². The number of aromatic nitrogens is 4. The van der Waals surface area contributed by atoms with Gasteiger partial charge in [0.1, 0.15) is 16.7 Å². The maximum Gasteiger partial charge on any atom is 0.230 e. The highest BCUT2D eigenvalue weighted by atomic mass is 32.3. The third-order valence-corrected chi connectivity index (χ3v) is 10.8. The van der Waals surface area contributed by atoms with Crippen molar-refractivity contribution in [1.29, 1.82) is 0 Å². The topological polar surface area (TPSA) is 126 Å². The summed E-state index contributed by atoms with van der Waals surface area (Å²) in [5, 5.41) is 11.7. The molecule has 4 aromatic rings. The van der Waals surface area contributed by atoms with Crippen LogP contribution in [0, 0.1) is 12.3 Å².